The van der Waals surface area contributed by atoms with Gasteiger partial charge in [0.05, 0.1) is 5.69 Å². The topological polar surface area (TPSA) is 51.0 Å². The van der Waals surface area contributed by atoms with Gasteiger partial charge >= 0.3 is 5.97 Å². The summed E-state index contributed by atoms with van der Waals surface area (Å²) < 4.78 is 7.54. The van der Waals surface area contributed by atoms with E-state index in [0.29, 0.717) is 6.42 Å². The monoisotopic (exact) mass is 548 g/mol. The second-order valence-electron chi connectivity index (χ2n) is 5.76. The Hall–Kier alpha value is -1.03. The van der Waals surface area contributed by atoms with Gasteiger partial charge in [0.25, 0.3) is 0 Å². The van der Waals surface area contributed by atoms with E-state index in [1.165, 1.54) is 10.5 Å². The zero-order chi connectivity index (χ0) is 17.6. The Bertz CT molecular complexity index is 715. The second-order valence-corrected chi connectivity index (χ2v) is 8.25. The van der Waals surface area contributed by atoms with E-state index < -0.39 is 5.54 Å². The second kappa shape index (κ2) is 8.89. The molecule has 2 aromatic carbocycles. The Balaban J connectivity index is 2.19. The predicted octanol–water partition coefficient (Wildman–Crippen LogP) is 5.54. The SMILES string of the molecule is CC(=O)OC[C@](C)(Cc1ccc(I)cc1)N=Nc1ccc(I)cc1. The molecule has 24 heavy (non-hydrogen) atoms. The largest absolute Gasteiger partial charge is 0.463 e. The van der Waals surface area contributed by atoms with Gasteiger partial charge in [0.1, 0.15) is 12.1 Å². The molecular weight excluding hydrogens is 530 g/mol. The van der Waals surface area contributed by atoms with Crippen molar-refractivity contribution >= 4 is 56.8 Å². The molecule has 0 bridgehead atoms. The van der Waals surface area contributed by atoms with E-state index in [4.69, 9.17) is 4.74 Å². The van der Waals surface area contributed by atoms with Crippen LogP contribution in [0.15, 0.2) is 58.8 Å². The van der Waals surface area contributed by atoms with Crippen molar-refractivity contribution in [3.05, 3.63) is 61.2 Å². The molecule has 0 aliphatic carbocycles. The molecule has 1 atom stereocenters. The number of halogens is 2. The maximum atomic E-state index is 11.2. The minimum Gasteiger partial charge on any atom is -0.463 e. The first-order valence-electron chi connectivity index (χ1n) is 7.43. The van der Waals surface area contributed by atoms with Gasteiger partial charge in [-0.15, -0.1) is 0 Å². The van der Waals surface area contributed by atoms with Crippen molar-refractivity contribution in [1.29, 1.82) is 0 Å². The molecule has 126 valence electrons. The molecule has 6 heteroatoms. The van der Waals surface area contributed by atoms with Crippen molar-refractivity contribution in [2.45, 2.75) is 25.8 Å². The zero-order valence-corrected chi connectivity index (χ0v) is 17.8. The van der Waals surface area contributed by atoms with Gasteiger partial charge in [0, 0.05) is 20.5 Å². The summed E-state index contributed by atoms with van der Waals surface area (Å²) >= 11 is 4.52. The van der Waals surface area contributed by atoms with Crippen LogP contribution in [-0.2, 0) is 16.0 Å². The maximum absolute atomic E-state index is 11.2. The molecule has 2 aromatic rings. The van der Waals surface area contributed by atoms with Crippen molar-refractivity contribution in [3.8, 4) is 0 Å². The number of esters is 1. The summed E-state index contributed by atoms with van der Waals surface area (Å²) in [5.74, 6) is -0.312. The molecule has 0 aliphatic heterocycles. The molecule has 0 unspecified atom stereocenters. The van der Waals surface area contributed by atoms with Crippen LogP contribution in [0.3, 0.4) is 0 Å². The van der Waals surface area contributed by atoms with Crippen LogP contribution in [0.4, 0.5) is 5.69 Å². The summed E-state index contributed by atoms with van der Waals surface area (Å²) in [6.45, 7) is 3.55. The molecular formula is C18H18I2N2O2. The van der Waals surface area contributed by atoms with Gasteiger partial charge < -0.3 is 4.74 Å². The highest BCUT2D eigenvalue weighted by Gasteiger charge is 2.26. The van der Waals surface area contributed by atoms with Crippen molar-refractivity contribution in [1.82, 2.24) is 0 Å². The molecule has 0 amide bonds. The number of hydrogen-bond donors (Lipinski definition) is 0. The normalized spacial score (nSPS) is 13.7. The van der Waals surface area contributed by atoms with Crippen LogP contribution in [0.1, 0.15) is 19.4 Å². The summed E-state index contributed by atoms with van der Waals surface area (Å²) in [6, 6.07) is 16.0. The van der Waals surface area contributed by atoms with Crippen molar-refractivity contribution in [2.24, 2.45) is 10.2 Å². The Labute approximate surface area is 169 Å². The van der Waals surface area contributed by atoms with Gasteiger partial charge in [-0.2, -0.15) is 10.2 Å². The Kier molecular flexibility index (Phi) is 7.15. The van der Waals surface area contributed by atoms with E-state index in [1.807, 2.05) is 31.2 Å². The van der Waals surface area contributed by atoms with Gasteiger partial charge in [-0.25, -0.2) is 0 Å². The smallest absolute Gasteiger partial charge is 0.302 e. The molecule has 0 aromatic heterocycles. The summed E-state index contributed by atoms with van der Waals surface area (Å²) in [5.41, 5.74) is 1.31. The predicted molar refractivity (Wildman–Crippen MR) is 112 cm³/mol. The van der Waals surface area contributed by atoms with Gasteiger partial charge in [-0.3, -0.25) is 4.79 Å². The maximum Gasteiger partial charge on any atom is 0.302 e. The van der Waals surface area contributed by atoms with Crippen molar-refractivity contribution in [2.75, 3.05) is 6.61 Å². The molecule has 0 heterocycles. The first kappa shape index (κ1) is 19.3. The number of hydrogen-bond acceptors (Lipinski definition) is 4. The molecule has 0 aliphatic rings. The summed E-state index contributed by atoms with van der Waals surface area (Å²) in [6.07, 6.45) is 0.644. The van der Waals surface area contributed by atoms with Crippen LogP contribution in [0, 0.1) is 7.14 Å². The third kappa shape index (κ3) is 6.46. The van der Waals surface area contributed by atoms with Crippen LogP contribution >= 0.6 is 45.2 Å². The molecule has 0 N–H and O–H groups in total. The lowest BCUT2D eigenvalue weighted by Gasteiger charge is -2.23. The fourth-order valence-corrected chi connectivity index (χ4v) is 2.82. The first-order chi connectivity index (χ1) is 11.4. The van der Waals surface area contributed by atoms with E-state index in [0.717, 1.165) is 14.8 Å². The lowest BCUT2D eigenvalue weighted by molar-refractivity contribution is -0.142. The molecule has 0 saturated heterocycles. The average Bonchev–Trinajstić information content (AvgIpc) is 2.55. The number of carbonyl (C=O) groups is 1. The number of carbonyl (C=O) groups excluding carboxylic acids is 1. The fraction of sp³-hybridized carbons (Fsp3) is 0.278. The standard InChI is InChI=1S/C18H18I2N2O2/c1-13(23)24-12-18(2,11-14-3-5-15(19)6-4-14)22-21-17-9-7-16(20)8-10-17/h3-10H,11-12H2,1-2H3/t18-/m0/s1. The lowest BCUT2D eigenvalue weighted by Crippen LogP contribution is -2.32. The quantitative estimate of drug-likeness (QED) is 0.271. The van der Waals surface area contributed by atoms with E-state index in [-0.39, 0.29) is 12.6 Å². The van der Waals surface area contributed by atoms with Crippen molar-refractivity contribution in [3.63, 3.8) is 0 Å². The van der Waals surface area contributed by atoms with Crippen LogP contribution in [-0.4, -0.2) is 18.1 Å². The number of rotatable bonds is 6. The van der Waals surface area contributed by atoms with E-state index in [2.05, 4.69) is 79.7 Å². The zero-order valence-electron chi connectivity index (χ0n) is 13.5. The van der Waals surface area contributed by atoms with Gasteiger partial charge in [0.15, 0.2) is 0 Å². The minimum absolute atomic E-state index is 0.197. The Morgan fingerprint density at radius 1 is 1.04 bits per heavy atom. The highest BCUT2D eigenvalue weighted by molar-refractivity contribution is 14.1. The third-order valence-corrected chi connectivity index (χ3v) is 4.76. The summed E-state index contributed by atoms with van der Waals surface area (Å²) in [7, 11) is 0. The summed E-state index contributed by atoms with van der Waals surface area (Å²) in [5, 5.41) is 8.83. The van der Waals surface area contributed by atoms with Crippen LogP contribution < -0.4 is 0 Å². The van der Waals surface area contributed by atoms with Crippen LogP contribution in [0.5, 0.6) is 0 Å². The van der Waals surface area contributed by atoms with Crippen molar-refractivity contribution < 1.29 is 9.53 Å². The molecule has 4 nitrogen and oxygen atoms in total. The molecule has 0 fully saturated rings. The van der Waals surface area contributed by atoms with Gasteiger partial charge in [0.2, 0.25) is 0 Å². The lowest BCUT2D eigenvalue weighted by atomic mass is 9.95. The highest BCUT2D eigenvalue weighted by atomic mass is 127. The number of azo groups is 1. The fourth-order valence-electron chi connectivity index (χ4n) is 2.10. The van der Waals surface area contributed by atoms with Gasteiger partial charge in [-0.05, 0) is 94.1 Å². The highest BCUT2D eigenvalue weighted by Crippen LogP contribution is 2.23. The summed E-state index contributed by atoms with van der Waals surface area (Å²) in [4.78, 5) is 11.2. The number of benzene rings is 2. The molecule has 0 radical (unpaired) electrons. The molecule has 0 saturated carbocycles. The van der Waals surface area contributed by atoms with E-state index in [1.54, 1.807) is 0 Å². The average molecular weight is 548 g/mol. The van der Waals surface area contributed by atoms with Crippen LogP contribution in [0.25, 0.3) is 0 Å². The Morgan fingerprint density at radius 2 is 1.58 bits per heavy atom. The molecule has 2 rings (SSSR count). The van der Waals surface area contributed by atoms with E-state index in [9.17, 15) is 4.79 Å². The van der Waals surface area contributed by atoms with E-state index >= 15 is 0 Å². The number of ether oxygens (including phenoxy) is 1. The van der Waals surface area contributed by atoms with Crippen LogP contribution in [0.2, 0.25) is 0 Å². The van der Waals surface area contributed by atoms with Gasteiger partial charge in [-0.1, -0.05) is 12.1 Å². The minimum atomic E-state index is -0.610. The third-order valence-electron chi connectivity index (χ3n) is 3.32. The first-order valence-corrected chi connectivity index (χ1v) is 9.58. The number of nitrogens with zero attached hydrogens (tertiary/aromatic N) is 2. The Morgan fingerprint density at radius 3 is 2.12 bits per heavy atom. The molecule has 0 spiro atoms.